The van der Waals surface area contributed by atoms with Crippen molar-refractivity contribution in [2.24, 2.45) is 0 Å². The topological polar surface area (TPSA) is 67.8 Å². The first-order valence-electron chi connectivity index (χ1n) is 8.82. The minimum absolute atomic E-state index is 0.0774. The van der Waals surface area contributed by atoms with Gasteiger partial charge in [-0.15, -0.1) is 10.2 Å². The summed E-state index contributed by atoms with van der Waals surface area (Å²) in [6.07, 6.45) is 3.84. The maximum absolute atomic E-state index is 6.22. The van der Waals surface area contributed by atoms with E-state index in [9.17, 15) is 0 Å². The van der Waals surface area contributed by atoms with E-state index in [-0.39, 0.29) is 12.3 Å². The Kier molecular flexibility index (Phi) is 5.68. The molecule has 6 nitrogen and oxygen atoms in total. The summed E-state index contributed by atoms with van der Waals surface area (Å²) in [5.41, 5.74) is 3.47. The fourth-order valence-electron chi connectivity index (χ4n) is 2.92. The summed E-state index contributed by atoms with van der Waals surface area (Å²) in [4.78, 5) is 6.14. The van der Waals surface area contributed by atoms with E-state index in [0.717, 1.165) is 27.2 Å². The third-order valence-electron chi connectivity index (χ3n) is 4.42. The summed E-state index contributed by atoms with van der Waals surface area (Å²) < 4.78 is 7.20. The quantitative estimate of drug-likeness (QED) is 0.641. The maximum Gasteiger partial charge on any atom is 0.217 e. The summed E-state index contributed by atoms with van der Waals surface area (Å²) in [7, 11) is 4.10. The molecule has 1 aromatic carbocycles. The van der Waals surface area contributed by atoms with E-state index in [1.165, 1.54) is 11.3 Å². The number of nitrogens with zero attached hydrogens (tertiary/aromatic N) is 4. The van der Waals surface area contributed by atoms with Crippen LogP contribution in [-0.2, 0) is 4.74 Å². The van der Waals surface area contributed by atoms with Crippen molar-refractivity contribution in [3.05, 3.63) is 54.4 Å². The lowest BCUT2D eigenvalue weighted by Crippen LogP contribution is -2.82. The first-order valence-corrected chi connectivity index (χ1v) is 10.6. The van der Waals surface area contributed by atoms with Gasteiger partial charge in [0.15, 0.2) is 4.34 Å². The number of rotatable bonds is 6. The van der Waals surface area contributed by atoms with Gasteiger partial charge in [0.05, 0.1) is 0 Å². The minimum Gasteiger partial charge on any atom is -0.378 e. The van der Waals surface area contributed by atoms with Gasteiger partial charge < -0.3 is 15.0 Å². The van der Waals surface area contributed by atoms with Crippen LogP contribution in [0.15, 0.2) is 53.1 Å². The van der Waals surface area contributed by atoms with Crippen molar-refractivity contribution in [3.63, 3.8) is 0 Å². The zero-order valence-electron chi connectivity index (χ0n) is 15.3. The lowest BCUT2D eigenvalue weighted by atomic mass is 10.2. The SMILES string of the molecule is CN(C)c1ccc([C@H]2[NH2+]C[C@@H](CSc3nnc(-c4ccncc4)s3)O2)cc1. The lowest BCUT2D eigenvalue weighted by Gasteiger charge is -2.14. The summed E-state index contributed by atoms with van der Waals surface area (Å²) >= 11 is 3.33. The van der Waals surface area contributed by atoms with Gasteiger partial charge in [0, 0.05) is 49.1 Å². The van der Waals surface area contributed by atoms with Crippen LogP contribution in [0.1, 0.15) is 11.8 Å². The Hall–Kier alpha value is -2.00. The van der Waals surface area contributed by atoms with Crippen molar-refractivity contribution < 1.29 is 10.1 Å². The Bertz CT molecular complexity index is 869. The number of aromatic nitrogens is 3. The van der Waals surface area contributed by atoms with E-state index in [1.54, 1.807) is 35.5 Å². The summed E-state index contributed by atoms with van der Waals surface area (Å²) in [6, 6.07) is 12.5. The average Bonchev–Trinajstić information content (AvgIpc) is 3.37. The second-order valence-electron chi connectivity index (χ2n) is 6.56. The minimum atomic E-state index is 0.0774. The van der Waals surface area contributed by atoms with Crippen molar-refractivity contribution in [2.45, 2.75) is 16.7 Å². The molecule has 1 aliphatic heterocycles. The van der Waals surface area contributed by atoms with Crippen LogP contribution < -0.4 is 10.2 Å². The number of quaternary nitrogens is 1. The molecular formula is C19H22N5OS2+. The molecule has 8 heteroatoms. The van der Waals surface area contributed by atoms with Gasteiger partial charge in [0.2, 0.25) is 6.23 Å². The molecule has 1 aliphatic rings. The Balaban J connectivity index is 1.31. The molecule has 27 heavy (non-hydrogen) atoms. The number of benzene rings is 1. The largest absolute Gasteiger partial charge is 0.378 e. The van der Waals surface area contributed by atoms with Crippen LogP contribution in [-0.4, -0.2) is 47.7 Å². The van der Waals surface area contributed by atoms with Crippen LogP contribution in [0.25, 0.3) is 10.6 Å². The second-order valence-corrected chi connectivity index (χ2v) is 8.80. The van der Waals surface area contributed by atoms with Crippen LogP contribution >= 0.6 is 23.1 Å². The van der Waals surface area contributed by atoms with Crippen LogP contribution in [0.5, 0.6) is 0 Å². The van der Waals surface area contributed by atoms with Gasteiger partial charge in [-0.05, 0) is 36.4 Å². The molecule has 1 saturated heterocycles. The Morgan fingerprint density at radius 2 is 1.93 bits per heavy atom. The molecule has 2 N–H and O–H groups in total. The van der Waals surface area contributed by atoms with Crippen molar-refractivity contribution in [3.8, 4) is 10.6 Å². The standard InChI is InChI=1S/C19H21N5OS2/c1-24(2)15-5-3-13(4-6-15)17-21-11-16(25-17)12-26-19-23-22-18(27-19)14-7-9-20-10-8-14/h3-10,16-17,21H,11-12H2,1-2H3/p+1/t16-,17-/m0/s1. The van der Waals surface area contributed by atoms with Gasteiger partial charge in [-0.1, -0.05) is 23.1 Å². The molecule has 0 spiro atoms. The average molecular weight is 401 g/mol. The third kappa shape index (κ3) is 4.47. The summed E-state index contributed by atoms with van der Waals surface area (Å²) in [5, 5.41) is 11.8. The van der Waals surface area contributed by atoms with E-state index in [0.29, 0.717) is 0 Å². The van der Waals surface area contributed by atoms with Crippen LogP contribution in [0.2, 0.25) is 0 Å². The Morgan fingerprint density at radius 3 is 2.67 bits per heavy atom. The van der Waals surface area contributed by atoms with Gasteiger partial charge in [-0.2, -0.15) is 0 Å². The molecular weight excluding hydrogens is 378 g/mol. The number of nitrogens with two attached hydrogens (primary N) is 1. The molecule has 4 rings (SSSR count). The maximum atomic E-state index is 6.22. The molecule has 2 atom stereocenters. The molecule has 0 radical (unpaired) electrons. The zero-order chi connectivity index (χ0) is 18.6. The normalized spacial score (nSPS) is 19.3. The van der Waals surface area contributed by atoms with Gasteiger partial charge in [0.1, 0.15) is 17.7 Å². The number of pyridine rings is 1. The molecule has 3 aromatic rings. The predicted octanol–water partition coefficient (Wildman–Crippen LogP) is 2.42. The fourth-order valence-corrected chi connectivity index (χ4v) is 4.82. The molecule has 0 bridgehead atoms. The second kappa shape index (κ2) is 8.35. The number of hydrogen-bond acceptors (Lipinski definition) is 7. The van der Waals surface area contributed by atoms with Crippen molar-refractivity contribution in [1.82, 2.24) is 15.2 Å². The van der Waals surface area contributed by atoms with E-state index >= 15 is 0 Å². The number of hydrogen-bond donors (Lipinski definition) is 1. The van der Waals surface area contributed by atoms with E-state index in [1.807, 2.05) is 26.2 Å². The molecule has 3 heterocycles. The van der Waals surface area contributed by atoms with Crippen molar-refractivity contribution >= 4 is 28.8 Å². The zero-order valence-corrected chi connectivity index (χ0v) is 16.9. The summed E-state index contributed by atoms with van der Waals surface area (Å²) in [5.74, 6) is 0.883. The van der Waals surface area contributed by atoms with Gasteiger partial charge in [-0.3, -0.25) is 4.98 Å². The molecule has 0 unspecified atom stereocenters. The molecule has 1 fully saturated rings. The van der Waals surface area contributed by atoms with Gasteiger partial charge in [-0.25, -0.2) is 0 Å². The smallest absolute Gasteiger partial charge is 0.217 e. The summed E-state index contributed by atoms with van der Waals surface area (Å²) in [6.45, 7) is 0.961. The molecule has 0 saturated carbocycles. The van der Waals surface area contributed by atoms with Crippen LogP contribution in [0, 0.1) is 0 Å². The van der Waals surface area contributed by atoms with Gasteiger partial charge in [0.25, 0.3) is 0 Å². The molecule has 140 valence electrons. The monoisotopic (exact) mass is 400 g/mol. The lowest BCUT2D eigenvalue weighted by molar-refractivity contribution is -0.697. The first-order chi connectivity index (χ1) is 13.2. The fraction of sp³-hybridized carbons (Fsp3) is 0.316. The number of thioether (sulfide) groups is 1. The highest BCUT2D eigenvalue weighted by atomic mass is 32.2. The number of ether oxygens (including phenoxy) is 1. The molecule has 0 amide bonds. The Labute approximate surface area is 167 Å². The first kappa shape index (κ1) is 18.4. The predicted molar refractivity (Wildman–Crippen MR) is 109 cm³/mol. The van der Waals surface area contributed by atoms with E-state index in [2.05, 4.69) is 49.7 Å². The molecule has 0 aliphatic carbocycles. The highest BCUT2D eigenvalue weighted by Gasteiger charge is 2.30. The Morgan fingerprint density at radius 1 is 1.15 bits per heavy atom. The van der Waals surface area contributed by atoms with Crippen LogP contribution in [0.4, 0.5) is 5.69 Å². The highest BCUT2D eigenvalue weighted by Crippen LogP contribution is 2.30. The van der Waals surface area contributed by atoms with Gasteiger partial charge >= 0.3 is 0 Å². The number of anilines is 1. The van der Waals surface area contributed by atoms with E-state index < -0.39 is 0 Å². The highest BCUT2D eigenvalue weighted by molar-refractivity contribution is 8.01. The van der Waals surface area contributed by atoms with Crippen molar-refractivity contribution in [2.75, 3.05) is 31.3 Å². The van der Waals surface area contributed by atoms with Crippen LogP contribution in [0.3, 0.4) is 0 Å². The molecule has 2 aromatic heterocycles. The third-order valence-corrected chi connectivity index (χ3v) is 6.65. The van der Waals surface area contributed by atoms with E-state index in [4.69, 9.17) is 4.74 Å². The van der Waals surface area contributed by atoms with Crippen molar-refractivity contribution in [1.29, 1.82) is 0 Å².